The van der Waals surface area contributed by atoms with E-state index in [-0.39, 0.29) is 0 Å². The van der Waals surface area contributed by atoms with Crippen LogP contribution in [0, 0.1) is 5.92 Å². The van der Waals surface area contributed by atoms with Crippen molar-refractivity contribution in [2.24, 2.45) is 5.92 Å². The summed E-state index contributed by atoms with van der Waals surface area (Å²) >= 11 is 0. The van der Waals surface area contributed by atoms with Crippen molar-refractivity contribution in [1.29, 1.82) is 0 Å². The van der Waals surface area contributed by atoms with Gasteiger partial charge in [-0.1, -0.05) is 52.9 Å². The lowest BCUT2D eigenvalue weighted by Gasteiger charge is -2.31. The van der Waals surface area contributed by atoms with Crippen LogP contribution in [0.5, 0.6) is 0 Å². The Morgan fingerprint density at radius 3 is 2.06 bits per heavy atom. The average molecular weight is 242 g/mol. The highest BCUT2D eigenvalue weighted by atomic mass is 15.1. The van der Waals surface area contributed by atoms with Crippen LogP contribution < -0.4 is 5.32 Å². The normalized spacial score (nSPS) is 13.6. The van der Waals surface area contributed by atoms with E-state index in [0.29, 0.717) is 6.04 Å². The molecule has 0 bridgehead atoms. The van der Waals surface area contributed by atoms with E-state index in [2.05, 4.69) is 45.1 Å². The SMILES string of the molecule is CCCCCCNCC(C(CC)CC)N(C)C. The Hall–Kier alpha value is -0.0800. The highest BCUT2D eigenvalue weighted by molar-refractivity contribution is 4.76. The van der Waals surface area contributed by atoms with E-state index < -0.39 is 0 Å². The predicted molar refractivity (Wildman–Crippen MR) is 78.6 cm³/mol. The third-order valence-corrected chi connectivity index (χ3v) is 3.82. The molecule has 0 heterocycles. The summed E-state index contributed by atoms with van der Waals surface area (Å²) in [6.07, 6.45) is 7.99. The van der Waals surface area contributed by atoms with Crippen LogP contribution in [0.25, 0.3) is 0 Å². The smallest absolute Gasteiger partial charge is 0.0242 e. The van der Waals surface area contributed by atoms with Crippen LogP contribution in [0.15, 0.2) is 0 Å². The standard InChI is InChI=1S/C15H34N2/c1-6-9-10-11-12-16-13-15(17(4)5)14(7-2)8-3/h14-16H,6-13H2,1-5H3. The van der Waals surface area contributed by atoms with Gasteiger partial charge in [-0.3, -0.25) is 0 Å². The molecule has 0 fully saturated rings. The molecular weight excluding hydrogens is 208 g/mol. The number of nitrogens with one attached hydrogen (secondary N) is 1. The van der Waals surface area contributed by atoms with Crippen molar-refractivity contribution in [2.75, 3.05) is 27.2 Å². The topological polar surface area (TPSA) is 15.3 Å². The van der Waals surface area contributed by atoms with Crippen LogP contribution >= 0.6 is 0 Å². The first-order valence-electron chi connectivity index (χ1n) is 7.54. The van der Waals surface area contributed by atoms with Crippen molar-refractivity contribution in [2.45, 2.75) is 65.3 Å². The molecule has 0 aliphatic heterocycles. The van der Waals surface area contributed by atoms with E-state index in [4.69, 9.17) is 0 Å². The molecule has 0 aliphatic rings. The summed E-state index contributed by atoms with van der Waals surface area (Å²) in [5.74, 6) is 0.827. The van der Waals surface area contributed by atoms with Crippen LogP contribution in [0.2, 0.25) is 0 Å². The monoisotopic (exact) mass is 242 g/mol. The Morgan fingerprint density at radius 1 is 0.941 bits per heavy atom. The molecule has 104 valence electrons. The molecule has 17 heavy (non-hydrogen) atoms. The molecule has 0 amide bonds. The average Bonchev–Trinajstić information content (AvgIpc) is 2.32. The minimum absolute atomic E-state index is 0.691. The first-order chi connectivity index (χ1) is 8.17. The molecular formula is C15H34N2. The first kappa shape index (κ1) is 16.9. The Labute approximate surface area is 109 Å². The fourth-order valence-electron chi connectivity index (χ4n) is 2.53. The van der Waals surface area contributed by atoms with Gasteiger partial charge in [-0.05, 0) is 33.0 Å². The summed E-state index contributed by atoms with van der Waals surface area (Å²) in [5.41, 5.74) is 0. The second kappa shape index (κ2) is 11.0. The number of hydrogen-bond acceptors (Lipinski definition) is 2. The van der Waals surface area contributed by atoms with Crippen molar-refractivity contribution in [1.82, 2.24) is 10.2 Å². The van der Waals surface area contributed by atoms with Crippen molar-refractivity contribution >= 4 is 0 Å². The van der Waals surface area contributed by atoms with Gasteiger partial charge < -0.3 is 10.2 Å². The Bertz CT molecular complexity index is 153. The van der Waals surface area contributed by atoms with Crippen LogP contribution in [0.3, 0.4) is 0 Å². The van der Waals surface area contributed by atoms with Gasteiger partial charge >= 0.3 is 0 Å². The quantitative estimate of drug-likeness (QED) is 0.558. The zero-order valence-electron chi connectivity index (χ0n) is 12.8. The Balaban J connectivity index is 3.77. The van der Waals surface area contributed by atoms with Gasteiger partial charge in [-0.15, -0.1) is 0 Å². The minimum Gasteiger partial charge on any atom is -0.315 e. The number of hydrogen-bond donors (Lipinski definition) is 1. The third kappa shape index (κ3) is 7.77. The summed E-state index contributed by atoms with van der Waals surface area (Å²) in [5, 5.41) is 3.63. The third-order valence-electron chi connectivity index (χ3n) is 3.82. The molecule has 0 rings (SSSR count). The highest BCUT2D eigenvalue weighted by Crippen LogP contribution is 2.16. The Kier molecular flexibility index (Phi) is 11.0. The number of rotatable bonds is 11. The maximum atomic E-state index is 3.63. The van der Waals surface area contributed by atoms with Gasteiger partial charge in [0.1, 0.15) is 0 Å². The van der Waals surface area contributed by atoms with Crippen molar-refractivity contribution in [3.05, 3.63) is 0 Å². The first-order valence-corrected chi connectivity index (χ1v) is 7.54. The summed E-state index contributed by atoms with van der Waals surface area (Å²) < 4.78 is 0. The highest BCUT2D eigenvalue weighted by Gasteiger charge is 2.19. The van der Waals surface area contributed by atoms with Gasteiger partial charge in [-0.25, -0.2) is 0 Å². The van der Waals surface area contributed by atoms with E-state index in [1.54, 1.807) is 0 Å². The van der Waals surface area contributed by atoms with E-state index in [1.807, 2.05) is 0 Å². The molecule has 0 aromatic heterocycles. The van der Waals surface area contributed by atoms with Gasteiger partial charge in [0.2, 0.25) is 0 Å². The molecule has 0 saturated carbocycles. The van der Waals surface area contributed by atoms with E-state index in [1.165, 1.54) is 45.1 Å². The van der Waals surface area contributed by atoms with Gasteiger partial charge in [-0.2, -0.15) is 0 Å². The second-order valence-corrected chi connectivity index (χ2v) is 5.37. The van der Waals surface area contributed by atoms with Gasteiger partial charge in [0.05, 0.1) is 0 Å². The fourth-order valence-corrected chi connectivity index (χ4v) is 2.53. The maximum absolute atomic E-state index is 3.63. The van der Waals surface area contributed by atoms with Crippen molar-refractivity contribution in [3.8, 4) is 0 Å². The summed E-state index contributed by atoms with van der Waals surface area (Å²) in [7, 11) is 4.42. The summed E-state index contributed by atoms with van der Waals surface area (Å²) in [6, 6.07) is 0.691. The Morgan fingerprint density at radius 2 is 1.59 bits per heavy atom. The van der Waals surface area contributed by atoms with Crippen LogP contribution in [0.1, 0.15) is 59.3 Å². The number of nitrogens with zero attached hydrogens (tertiary/aromatic N) is 1. The number of likely N-dealkylation sites (N-methyl/N-ethyl adjacent to an activating group) is 1. The fraction of sp³-hybridized carbons (Fsp3) is 1.00. The molecule has 0 radical (unpaired) electrons. The van der Waals surface area contributed by atoms with Crippen LogP contribution in [0.4, 0.5) is 0 Å². The minimum atomic E-state index is 0.691. The maximum Gasteiger partial charge on any atom is 0.0242 e. The van der Waals surface area contributed by atoms with Crippen LogP contribution in [-0.2, 0) is 0 Å². The molecule has 0 aliphatic carbocycles. The van der Waals surface area contributed by atoms with Crippen LogP contribution in [-0.4, -0.2) is 38.1 Å². The lowest BCUT2D eigenvalue weighted by atomic mass is 9.93. The van der Waals surface area contributed by atoms with Crippen molar-refractivity contribution in [3.63, 3.8) is 0 Å². The van der Waals surface area contributed by atoms with E-state index >= 15 is 0 Å². The summed E-state index contributed by atoms with van der Waals surface area (Å²) in [4.78, 5) is 2.39. The second-order valence-electron chi connectivity index (χ2n) is 5.37. The van der Waals surface area contributed by atoms with Crippen molar-refractivity contribution < 1.29 is 0 Å². The summed E-state index contributed by atoms with van der Waals surface area (Å²) in [6.45, 7) is 9.22. The zero-order chi connectivity index (χ0) is 13.1. The van der Waals surface area contributed by atoms with Gasteiger partial charge in [0.25, 0.3) is 0 Å². The molecule has 1 unspecified atom stereocenters. The van der Waals surface area contributed by atoms with E-state index in [9.17, 15) is 0 Å². The number of unbranched alkanes of at least 4 members (excludes halogenated alkanes) is 3. The predicted octanol–water partition coefficient (Wildman–Crippen LogP) is 3.52. The van der Waals surface area contributed by atoms with Gasteiger partial charge in [0, 0.05) is 12.6 Å². The molecule has 2 heteroatoms. The molecule has 0 spiro atoms. The zero-order valence-corrected chi connectivity index (χ0v) is 12.8. The molecule has 0 aromatic rings. The largest absolute Gasteiger partial charge is 0.315 e. The lowest BCUT2D eigenvalue weighted by Crippen LogP contribution is -2.43. The molecule has 1 N–H and O–H groups in total. The van der Waals surface area contributed by atoms with Gasteiger partial charge in [0.15, 0.2) is 0 Å². The lowest BCUT2D eigenvalue weighted by molar-refractivity contribution is 0.194. The molecule has 0 aromatic carbocycles. The van der Waals surface area contributed by atoms with E-state index in [0.717, 1.165) is 12.5 Å². The molecule has 0 saturated heterocycles. The molecule has 2 nitrogen and oxygen atoms in total. The molecule has 1 atom stereocenters.